The molecule has 134 valence electrons. The van der Waals surface area contributed by atoms with Crippen molar-refractivity contribution in [3.63, 3.8) is 0 Å². The number of hydrogen-bond donors (Lipinski definition) is 2. The van der Waals surface area contributed by atoms with Crippen LogP contribution in [0.2, 0.25) is 0 Å². The van der Waals surface area contributed by atoms with E-state index < -0.39 is 11.6 Å². The van der Waals surface area contributed by atoms with Crippen molar-refractivity contribution in [2.75, 3.05) is 19.7 Å². The third-order valence-corrected chi connectivity index (χ3v) is 4.62. The number of hydrogen-bond acceptors (Lipinski definition) is 4. The van der Waals surface area contributed by atoms with E-state index in [0.29, 0.717) is 32.5 Å². The molecule has 2 aliphatic rings. The summed E-state index contributed by atoms with van der Waals surface area (Å²) in [6.07, 6.45) is 5.84. The van der Waals surface area contributed by atoms with Crippen molar-refractivity contribution in [3.05, 3.63) is 12.7 Å². The van der Waals surface area contributed by atoms with E-state index in [1.54, 1.807) is 13.0 Å². The Bertz CT molecular complexity index is 500. The number of carbonyl (C=O) groups excluding carboxylic acids is 3. The van der Waals surface area contributed by atoms with Crippen LogP contribution in [0, 0.1) is 0 Å². The first kappa shape index (κ1) is 18.4. The van der Waals surface area contributed by atoms with Gasteiger partial charge in [-0.3, -0.25) is 14.5 Å². The molecule has 1 spiro atoms. The zero-order valence-corrected chi connectivity index (χ0v) is 14.3. The monoisotopic (exact) mass is 337 g/mol. The molecular weight excluding hydrogens is 310 g/mol. The van der Waals surface area contributed by atoms with Gasteiger partial charge in [-0.15, -0.1) is 6.58 Å². The minimum absolute atomic E-state index is 0.113. The normalized spacial score (nSPS) is 20.3. The molecule has 1 heterocycles. The summed E-state index contributed by atoms with van der Waals surface area (Å²) in [4.78, 5) is 37.6. The van der Waals surface area contributed by atoms with Crippen LogP contribution >= 0.6 is 0 Å². The zero-order chi connectivity index (χ0) is 17.6. The number of rotatable bonds is 9. The Balaban J connectivity index is 1.69. The highest BCUT2D eigenvalue weighted by Crippen LogP contribution is 2.34. The molecule has 4 amide bonds. The van der Waals surface area contributed by atoms with Crippen LogP contribution in [-0.2, 0) is 14.3 Å². The summed E-state index contributed by atoms with van der Waals surface area (Å²) in [6.45, 7) is 6.47. The molecule has 24 heavy (non-hydrogen) atoms. The van der Waals surface area contributed by atoms with E-state index in [9.17, 15) is 14.4 Å². The lowest BCUT2D eigenvalue weighted by atomic mass is 9.98. The van der Waals surface area contributed by atoms with Crippen molar-refractivity contribution in [2.24, 2.45) is 0 Å². The highest BCUT2D eigenvalue weighted by molar-refractivity contribution is 6.07. The van der Waals surface area contributed by atoms with Crippen molar-refractivity contribution >= 4 is 17.8 Å². The average Bonchev–Trinajstić information content (AvgIpc) is 3.11. The molecule has 0 aromatic heterocycles. The maximum absolute atomic E-state index is 12.5. The molecule has 1 saturated heterocycles. The number of imide groups is 1. The number of nitrogens with zero attached hydrogens (tertiary/aromatic N) is 1. The third kappa shape index (κ3) is 4.14. The number of nitrogens with one attached hydrogen (secondary N) is 2. The topological polar surface area (TPSA) is 87.7 Å². The Hall–Kier alpha value is -1.89. The fourth-order valence-electron chi connectivity index (χ4n) is 3.19. The summed E-state index contributed by atoms with van der Waals surface area (Å²) in [5.41, 5.74) is -0.659. The second kappa shape index (κ2) is 8.28. The number of carbonyl (C=O) groups is 3. The summed E-state index contributed by atoms with van der Waals surface area (Å²) in [7, 11) is 0. The van der Waals surface area contributed by atoms with Crippen LogP contribution in [0.3, 0.4) is 0 Å². The van der Waals surface area contributed by atoms with Gasteiger partial charge in [-0.05, 0) is 32.6 Å². The van der Waals surface area contributed by atoms with Crippen LogP contribution < -0.4 is 10.6 Å². The van der Waals surface area contributed by atoms with Gasteiger partial charge in [-0.1, -0.05) is 18.9 Å². The minimum Gasteiger partial charge on any atom is -0.368 e. The largest absolute Gasteiger partial charge is 0.368 e. The standard InChI is InChI=1S/C17H27N3O4/c1-3-4-12-24-13(2)14(21)18-10-7-11-20-15(22)17(19-16(20)23)8-5-6-9-17/h3,13H,1,4-12H2,2H3,(H,18,21)(H,19,23). The van der Waals surface area contributed by atoms with Gasteiger partial charge in [-0.2, -0.15) is 0 Å². The van der Waals surface area contributed by atoms with Crippen LogP contribution in [0.1, 0.15) is 45.4 Å². The summed E-state index contributed by atoms with van der Waals surface area (Å²) >= 11 is 0. The molecule has 2 N–H and O–H groups in total. The second-order valence-electron chi connectivity index (χ2n) is 6.41. The quantitative estimate of drug-likeness (QED) is 0.377. The highest BCUT2D eigenvalue weighted by atomic mass is 16.5. The predicted molar refractivity (Wildman–Crippen MR) is 89.3 cm³/mol. The zero-order valence-electron chi connectivity index (χ0n) is 14.3. The lowest BCUT2D eigenvalue weighted by Crippen LogP contribution is -2.44. The Morgan fingerprint density at radius 2 is 2.17 bits per heavy atom. The molecule has 0 aromatic carbocycles. The molecule has 0 bridgehead atoms. The second-order valence-corrected chi connectivity index (χ2v) is 6.41. The van der Waals surface area contributed by atoms with E-state index in [2.05, 4.69) is 17.2 Å². The first-order valence-corrected chi connectivity index (χ1v) is 8.64. The van der Waals surface area contributed by atoms with Gasteiger partial charge in [0.15, 0.2) is 0 Å². The molecule has 1 unspecified atom stereocenters. The first-order valence-electron chi connectivity index (χ1n) is 8.64. The lowest BCUT2D eigenvalue weighted by Gasteiger charge is -2.20. The van der Waals surface area contributed by atoms with E-state index in [0.717, 1.165) is 25.7 Å². The van der Waals surface area contributed by atoms with E-state index in [1.807, 2.05) is 0 Å². The van der Waals surface area contributed by atoms with E-state index in [-0.39, 0.29) is 17.8 Å². The van der Waals surface area contributed by atoms with Crippen LogP contribution in [0.15, 0.2) is 12.7 Å². The van der Waals surface area contributed by atoms with Crippen molar-refractivity contribution in [1.29, 1.82) is 0 Å². The average molecular weight is 337 g/mol. The summed E-state index contributed by atoms with van der Waals surface area (Å²) in [5.74, 6) is -0.305. The molecule has 7 nitrogen and oxygen atoms in total. The third-order valence-electron chi connectivity index (χ3n) is 4.62. The molecule has 1 atom stereocenters. The van der Waals surface area contributed by atoms with Gasteiger partial charge < -0.3 is 15.4 Å². The predicted octanol–water partition coefficient (Wildman–Crippen LogP) is 1.34. The van der Waals surface area contributed by atoms with Crippen LogP contribution in [0.5, 0.6) is 0 Å². The van der Waals surface area contributed by atoms with Gasteiger partial charge >= 0.3 is 6.03 Å². The Kier molecular flexibility index (Phi) is 6.36. The van der Waals surface area contributed by atoms with Gasteiger partial charge in [0, 0.05) is 13.1 Å². The fraction of sp³-hybridized carbons (Fsp3) is 0.706. The van der Waals surface area contributed by atoms with Crippen molar-refractivity contribution in [2.45, 2.75) is 57.1 Å². The number of urea groups is 1. The van der Waals surface area contributed by atoms with Crippen LogP contribution in [0.25, 0.3) is 0 Å². The van der Waals surface area contributed by atoms with Crippen LogP contribution in [0.4, 0.5) is 4.79 Å². The minimum atomic E-state index is -0.659. The van der Waals surface area contributed by atoms with Crippen molar-refractivity contribution in [1.82, 2.24) is 15.5 Å². The summed E-state index contributed by atoms with van der Waals surface area (Å²) < 4.78 is 5.36. The van der Waals surface area contributed by atoms with E-state index >= 15 is 0 Å². The summed E-state index contributed by atoms with van der Waals surface area (Å²) in [5, 5.41) is 5.61. The molecule has 2 rings (SSSR count). The van der Waals surface area contributed by atoms with E-state index in [4.69, 9.17) is 4.74 Å². The fourth-order valence-corrected chi connectivity index (χ4v) is 3.19. The maximum Gasteiger partial charge on any atom is 0.325 e. The molecule has 0 aromatic rings. The highest BCUT2D eigenvalue weighted by Gasteiger charge is 2.51. The van der Waals surface area contributed by atoms with Crippen LogP contribution in [-0.4, -0.2) is 54.1 Å². The molecule has 7 heteroatoms. The van der Waals surface area contributed by atoms with E-state index in [1.165, 1.54) is 4.90 Å². The lowest BCUT2D eigenvalue weighted by molar-refractivity contribution is -0.131. The number of ether oxygens (including phenoxy) is 1. The SMILES string of the molecule is C=CCCOC(C)C(=O)NCCCN1C(=O)NC2(CCCC2)C1=O. The van der Waals surface area contributed by atoms with Gasteiger partial charge in [0.05, 0.1) is 6.61 Å². The Morgan fingerprint density at radius 3 is 2.83 bits per heavy atom. The van der Waals surface area contributed by atoms with Crippen molar-refractivity contribution in [3.8, 4) is 0 Å². The molecule has 2 fully saturated rings. The van der Waals surface area contributed by atoms with Gasteiger partial charge in [0.2, 0.25) is 5.91 Å². The molecule has 1 aliphatic carbocycles. The van der Waals surface area contributed by atoms with Crippen molar-refractivity contribution < 1.29 is 19.1 Å². The molecule has 1 aliphatic heterocycles. The maximum atomic E-state index is 12.5. The Labute approximate surface area is 142 Å². The Morgan fingerprint density at radius 1 is 1.46 bits per heavy atom. The van der Waals surface area contributed by atoms with Gasteiger partial charge in [0.1, 0.15) is 11.6 Å². The van der Waals surface area contributed by atoms with Gasteiger partial charge in [0.25, 0.3) is 5.91 Å². The molecule has 1 saturated carbocycles. The molecule has 0 radical (unpaired) electrons. The summed E-state index contributed by atoms with van der Waals surface area (Å²) in [6, 6.07) is -0.311. The number of amides is 4. The smallest absolute Gasteiger partial charge is 0.325 e. The first-order chi connectivity index (χ1) is 11.5. The molecular formula is C17H27N3O4. The van der Waals surface area contributed by atoms with Gasteiger partial charge in [-0.25, -0.2) is 4.79 Å².